The van der Waals surface area contributed by atoms with E-state index >= 15 is 0 Å². The second-order valence-electron chi connectivity index (χ2n) is 8.70. The van der Waals surface area contributed by atoms with E-state index in [1.807, 2.05) is 47.4 Å². The topological polar surface area (TPSA) is 89.1 Å². The Morgan fingerprint density at radius 2 is 1.76 bits per heavy atom. The van der Waals surface area contributed by atoms with Crippen LogP contribution in [0, 0.1) is 5.92 Å². The molecule has 0 bridgehead atoms. The zero-order valence-electron chi connectivity index (χ0n) is 19.0. The van der Waals surface area contributed by atoms with Gasteiger partial charge in [-0.05, 0) is 37.1 Å². The normalized spacial score (nSPS) is 14.8. The summed E-state index contributed by atoms with van der Waals surface area (Å²) in [6, 6.07) is 18.2. The molecule has 1 fully saturated rings. The smallest absolute Gasteiger partial charge is 0.241 e. The lowest BCUT2D eigenvalue weighted by Crippen LogP contribution is -2.40. The van der Waals surface area contributed by atoms with Gasteiger partial charge in [0.25, 0.3) is 0 Å². The number of piperidine rings is 1. The number of imidazole rings is 1. The largest absolute Gasteiger partial charge is 0.352 e. The van der Waals surface area contributed by atoms with Crippen molar-refractivity contribution >= 4 is 5.91 Å². The van der Waals surface area contributed by atoms with Crippen LogP contribution in [-0.4, -0.2) is 43.6 Å². The lowest BCUT2D eigenvalue weighted by atomic mass is 9.96. The summed E-state index contributed by atoms with van der Waals surface area (Å²) in [4.78, 5) is 23.5. The maximum Gasteiger partial charge on any atom is 0.241 e. The Balaban J connectivity index is 1.05. The van der Waals surface area contributed by atoms with Crippen LogP contribution < -0.4 is 5.32 Å². The van der Waals surface area contributed by atoms with E-state index in [4.69, 9.17) is 4.52 Å². The predicted molar refractivity (Wildman–Crippen MR) is 127 cm³/mol. The molecule has 0 unspecified atom stereocenters. The molecule has 3 heterocycles. The van der Waals surface area contributed by atoms with Crippen molar-refractivity contribution in [3.05, 3.63) is 90.3 Å². The van der Waals surface area contributed by atoms with Gasteiger partial charge in [0.05, 0.1) is 12.9 Å². The summed E-state index contributed by atoms with van der Waals surface area (Å²) >= 11 is 0. The van der Waals surface area contributed by atoms with Crippen LogP contribution in [0.3, 0.4) is 0 Å². The van der Waals surface area contributed by atoms with Gasteiger partial charge in [0.1, 0.15) is 0 Å². The summed E-state index contributed by atoms with van der Waals surface area (Å²) in [5, 5.41) is 7.20. The summed E-state index contributed by atoms with van der Waals surface area (Å²) in [6.07, 6.45) is 7.19. The second kappa shape index (κ2) is 10.4. The molecule has 174 valence electrons. The molecule has 34 heavy (non-hydrogen) atoms. The standard InChI is InChI=1S/C26H28N6O2/c33-26(28-16-20-6-8-21(9-7-20)17-32-15-12-27-19-32)23-10-13-31(14-11-23)18-24-29-25(30-34-24)22-4-2-1-3-5-22/h1-9,12,15,19,23H,10-11,13-14,16-18H2,(H,28,33). The van der Waals surface area contributed by atoms with Gasteiger partial charge in [0.15, 0.2) is 0 Å². The van der Waals surface area contributed by atoms with Gasteiger partial charge < -0.3 is 14.4 Å². The van der Waals surface area contributed by atoms with Gasteiger partial charge in [-0.2, -0.15) is 4.98 Å². The Hall–Kier alpha value is -3.78. The number of hydrogen-bond donors (Lipinski definition) is 1. The average Bonchev–Trinajstić information content (AvgIpc) is 3.57. The Labute approximate surface area is 198 Å². The highest BCUT2D eigenvalue weighted by atomic mass is 16.5. The van der Waals surface area contributed by atoms with Crippen LogP contribution in [0.25, 0.3) is 11.4 Å². The van der Waals surface area contributed by atoms with Crippen LogP contribution in [0.1, 0.15) is 29.9 Å². The zero-order valence-corrected chi connectivity index (χ0v) is 19.0. The molecule has 2 aromatic heterocycles. The molecule has 1 aliphatic rings. The van der Waals surface area contributed by atoms with E-state index in [-0.39, 0.29) is 11.8 Å². The molecule has 1 saturated heterocycles. The Kier molecular flexibility index (Phi) is 6.76. The molecule has 1 amide bonds. The Morgan fingerprint density at radius 3 is 2.50 bits per heavy atom. The number of amides is 1. The highest BCUT2D eigenvalue weighted by molar-refractivity contribution is 5.78. The number of hydrogen-bond acceptors (Lipinski definition) is 6. The van der Waals surface area contributed by atoms with Crippen LogP contribution >= 0.6 is 0 Å². The molecule has 1 N–H and O–H groups in total. The molecule has 1 aliphatic heterocycles. The highest BCUT2D eigenvalue weighted by Crippen LogP contribution is 2.21. The fraction of sp³-hybridized carbons (Fsp3) is 0.308. The molecule has 4 aromatic rings. The fourth-order valence-electron chi connectivity index (χ4n) is 4.26. The summed E-state index contributed by atoms with van der Waals surface area (Å²) in [5.41, 5.74) is 3.25. The summed E-state index contributed by atoms with van der Waals surface area (Å²) < 4.78 is 7.47. The summed E-state index contributed by atoms with van der Waals surface area (Å²) in [6.45, 7) is 3.63. The van der Waals surface area contributed by atoms with Crippen molar-refractivity contribution in [3.8, 4) is 11.4 Å². The van der Waals surface area contributed by atoms with Crippen molar-refractivity contribution in [1.82, 2.24) is 29.9 Å². The highest BCUT2D eigenvalue weighted by Gasteiger charge is 2.26. The van der Waals surface area contributed by atoms with Gasteiger partial charge in [-0.25, -0.2) is 4.98 Å². The minimum absolute atomic E-state index is 0.0410. The fourth-order valence-corrected chi connectivity index (χ4v) is 4.26. The molecule has 0 spiro atoms. The number of nitrogens with zero attached hydrogens (tertiary/aromatic N) is 5. The third-order valence-corrected chi connectivity index (χ3v) is 6.23. The van der Waals surface area contributed by atoms with Gasteiger partial charge in [-0.15, -0.1) is 0 Å². The summed E-state index contributed by atoms with van der Waals surface area (Å²) in [7, 11) is 0. The van der Waals surface area contributed by atoms with E-state index in [0.29, 0.717) is 24.8 Å². The quantitative estimate of drug-likeness (QED) is 0.437. The lowest BCUT2D eigenvalue weighted by Gasteiger charge is -2.30. The van der Waals surface area contributed by atoms with Crippen molar-refractivity contribution < 1.29 is 9.32 Å². The average molecular weight is 457 g/mol. The maximum absolute atomic E-state index is 12.7. The van der Waals surface area contributed by atoms with Gasteiger partial charge in [0, 0.05) is 37.0 Å². The number of carbonyl (C=O) groups is 1. The molecular weight excluding hydrogens is 428 g/mol. The number of aromatic nitrogens is 4. The van der Waals surface area contributed by atoms with Gasteiger partial charge in [-0.1, -0.05) is 59.8 Å². The van der Waals surface area contributed by atoms with Crippen molar-refractivity contribution in [2.75, 3.05) is 13.1 Å². The van der Waals surface area contributed by atoms with E-state index in [0.717, 1.165) is 43.6 Å². The van der Waals surface area contributed by atoms with Crippen LogP contribution in [0.2, 0.25) is 0 Å². The maximum atomic E-state index is 12.7. The number of carbonyl (C=O) groups excluding carboxylic acids is 1. The van der Waals surface area contributed by atoms with Gasteiger partial charge in [0.2, 0.25) is 17.6 Å². The molecular formula is C26H28N6O2. The number of rotatable bonds is 8. The van der Waals surface area contributed by atoms with Crippen LogP contribution in [-0.2, 0) is 24.4 Å². The molecule has 0 radical (unpaired) electrons. The monoisotopic (exact) mass is 456 g/mol. The molecule has 8 heteroatoms. The number of nitrogens with one attached hydrogen (secondary N) is 1. The van der Waals surface area contributed by atoms with Gasteiger partial charge >= 0.3 is 0 Å². The van der Waals surface area contributed by atoms with Crippen LogP contribution in [0.4, 0.5) is 0 Å². The van der Waals surface area contributed by atoms with E-state index in [2.05, 4.69) is 49.6 Å². The summed E-state index contributed by atoms with van der Waals surface area (Å²) in [5.74, 6) is 1.39. The molecule has 0 saturated carbocycles. The van der Waals surface area contributed by atoms with Crippen molar-refractivity contribution in [3.63, 3.8) is 0 Å². The minimum atomic E-state index is 0.0410. The number of benzene rings is 2. The third-order valence-electron chi connectivity index (χ3n) is 6.23. The zero-order chi connectivity index (χ0) is 23.2. The van der Waals surface area contributed by atoms with E-state index < -0.39 is 0 Å². The van der Waals surface area contributed by atoms with E-state index in [1.165, 1.54) is 5.56 Å². The van der Waals surface area contributed by atoms with E-state index in [9.17, 15) is 4.79 Å². The molecule has 0 atom stereocenters. The SMILES string of the molecule is O=C(NCc1ccc(Cn2ccnc2)cc1)C1CCN(Cc2nc(-c3ccccc3)no2)CC1. The van der Waals surface area contributed by atoms with Gasteiger partial charge in [-0.3, -0.25) is 9.69 Å². The van der Waals surface area contributed by atoms with E-state index in [1.54, 1.807) is 6.20 Å². The lowest BCUT2D eigenvalue weighted by molar-refractivity contribution is -0.126. The first-order valence-corrected chi connectivity index (χ1v) is 11.6. The third kappa shape index (κ3) is 5.58. The first kappa shape index (κ1) is 22.0. The van der Waals surface area contributed by atoms with Crippen LogP contribution in [0.15, 0.2) is 77.8 Å². The van der Waals surface area contributed by atoms with Crippen molar-refractivity contribution in [2.24, 2.45) is 5.92 Å². The molecule has 0 aliphatic carbocycles. The first-order valence-electron chi connectivity index (χ1n) is 11.6. The van der Waals surface area contributed by atoms with Crippen molar-refractivity contribution in [2.45, 2.75) is 32.5 Å². The first-order chi connectivity index (χ1) is 16.7. The predicted octanol–water partition coefficient (Wildman–Crippen LogP) is 3.51. The Morgan fingerprint density at radius 1 is 1.00 bits per heavy atom. The van der Waals surface area contributed by atoms with Crippen LogP contribution in [0.5, 0.6) is 0 Å². The van der Waals surface area contributed by atoms with Crippen molar-refractivity contribution in [1.29, 1.82) is 0 Å². The Bertz CT molecular complexity index is 1180. The second-order valence-corrected chi connectivity index (χ2v) is 8.70. The number of likely N-dealkylation sites (tertiary alicyclic amines) is 1. The molecule has 8 nitrogen and oxygen atoms in total. The molecule has 5 rings (SSSR count). The minimum Gasteiger partial charge on any atom is -0.352 e. The molecule has 2 aromatic carbocycles.